The summed E-state index contributed by atoms with van der Waals surface area (Å²) in [5.74, 6) is 0.435. The number of phenolic OH excluding ortho intramolecular Hbond substituents is 1. The van der Waals surface area contributed by atoms with E-state index in [0.717, 1.165) is 5.69 Å². The topological polar surface area (TPSA) is 62.5 Å². The van der Waals surface area contributed by atoms with E-state index in [1.807, 2.05) is 0 Å². The zero-order valence-electron chi connectivity index (χ0n) is 12.5. The highest BCUT2D eigenvalue weighted by molar-refractivity contribution is 5.74. The highest BCUT2D eigenvalue weighted by Gasteiger charge is 2.13. The number of benzene rings is 2. The Hall–Kier alpha value is -3.41. The molecule has 2 heterocycles. The average Bonchev–Trinajstić information content (AvgIpc) is 3.02. The maximum absolute atomic E-state index is 14.1. The van der Waals surface area contributed by atoms with Gasteiger partial charge in [0.1, 0.15) is 11.6 Å². The normalized spacial score (nSPS) is 10.9. The van der Waals surface area contributed by atoms with Crippen molar-refractivity contribution in [2.45, 2.75) is 0 Å². The number of anilines is 2. The van der Waals surface area contributed by atoms with Crippen LogP contribution in [-0.2, 0) is 0 Å². The van der Waals surface area contributed by atoms with E-state index in [0.29, 0.717) is 22.7 Å². The molecule has 2 aromatic carbocycles. The van der Waals surface area contributed by atoms with Crippen molar-refractivity contribution >= 4 is 17.2 Å². The van der Waals surface area contributed by atoms with Crippen molar-refractivity contribution in [3.05, 3.63) is 72.9 Å². The zero-order chi connectivity index (χ0) is 16.5. The molecule has 0 radical (unpaired) electrons. The van der Waals surface area contributed by atoms with Gasteiger partial charge in [0.15, 0.2) is 11.5 Å². The lowest BCUT2D eigenvalue weighted by molar-refractivity contribution is 0.475. The molecular formula is C18H13FN4O. The molecule has 2 aromatic heterocycles. The molecular weight excluding hydrogens is 307 g/mol. The molecule has 0 unspecified atom stereocenters. The summed E-state index contributed by atoms with van der Waals surface area (Å²) in [4.78, 5) is 8.68. The van der Waals surface area contributed by atoms with Crippen LogP contribution in [0, 0.1) is 5.82 Å². The van der Waals surface area contributed by atoms with Crippen LogP contribution in [-0.4, -0.2) is 19.5 Å². The maximum atomic E-state index is 14.1. The molecule has 6 heteroatoms. The number of nitrogens with zero attached hydrogens (tertiary/aromatic N) is 3. The molecule has 0 saturated heterocycles. The van der Waals surface area contributed by atoms with Crippen molar-refractivity contribution in [1.82, 2.24) is 14.4 Å². The van der Waals surface area contributed by atoms with E-state index in [4.69, 9.17) is 0 Å². The summed E-state index contributed by atoms with van der Waals surface area (Å²) in [6.07, 6.45) is 4.99. The van der Waals surface area contributed by atoms with Gasteiger partial charge in [-0.3, -0.25) is 4.40 Å². The number of nitrogens with one attached hydrogen (secondary N) is 1. The van der Waals surface area contributed by atoms with Crippen molar-refractivity contribution in [3.8, 4) is 17.0 Å². The van der Waals surface area contributed by atoms with Gasteiger partial charge in [-0.2, -0.15) is 0 Å². The third-order valence-electron chi connectivity index (χ3n) is 3.71. The lowest BCUT2D eigenvalue weighted by Gasteiger charge is -2.08. The van der Waals surface area contributed by atoms with Gasteiger partial charge in [0.05, 0.1) is 11.9 Å². The number of aromatic hydroxyl groups is 1. The second kappa shape index (κ2) is 5.66. The number of hydrogen-bond acceptors (Lipinski definition) is 4. The predicted octanol–water partition coefficient (Wildman–Crippen LogP) is 3.98. The SMILES string of the molecule is Oc1ccc(Nc2nccn3c(-c4ccccc4F)cnc23)cc1. The Balaban J connectivity index is 1.79. The van der Waals surface area contributed by atoms with Crippen LogP contribution in [0.15, 0.2) is 67.1 Å². The minimum Gasteiger partial charge on any atom is -0.508 e. The molecule has 0 amide bonds. The van der Waals surface area contributed by atoms with Gasteiger partial charge >= 0.3 is 0 Å². The molecule has 4 rings (SSSR count). The maximum Gasteiger partial charge on any atom is 0.180 e. The second-order valence-corrected chi connectivity index (χ2v) is 5.26. The second-order valence-electron chi connectivity index (χ2n) is 5.26. The van der Waals surface area contributed by atoms with Gasteiger partial charge < -0.3 is 10.4 Å². The standard InChI is InChI=1S/C18H13FN4O/c19-15-4-2-1-3-14(15)16-11-21-18-17(20-9-10-23(16)18)22-12-5-7-13(24)8-6-12/h1-11,24H,(H,20,22). The first-order valence-electron chi connectivity index (χ1n) is 7.35. The van der Waals surface area contributed by atoms with Gasteiger partial charge in [-0.25, -0.2) is 14.4 Å². The van der Waals surface area contributed by atoms with Crippen LogP contribution in [0.25, 0.3) is 16.9 Å². The van der Waals surface area contributed by atoms with Gasteiger partial charge in [0.25, 0.3) is 0 Å². The molecule has 0 bridgehead atoms. The average molecular weight is 320 g/mol. The van der Waals surface area contributed by atoms with E-state index in [1.165, 1.54) is 6.07 Å². The first kappa shape index (κ1) is 14.2. The van der Waals surface area contributed by atoms with E-state index in [9.17, 15) is 9.50 Å². The van der Waals surface area contributed by atoms with Gasteiger partial charge in [0, 0.05) is 23.6 Å². The number of halogens is 1. The van der Waals surface area contributed by atoms with Crippen LogP contribution in [0.2, 0.25) is 0 Å². The summed E-state index contributed by atoms with van der Waals surface area (Å²) in [7, 11) is 0. The van der Waals surface area contributed by atoms with E-state index in [2.05, 4.69) is 15.3 Å². The lowest BCUT2D eigenvalue weighted by Crippen LogP contribution is -1.98. The molecule has 2 N–H and O–H groups in total. The van der Waals surface area contributed by atoms with Crippen LogP contribution in [0.1, 0.15) is 0 Å². The quantitative estimate of drug-likeness (QED) is 0.560. The van der Waals surface area contributed by atoms with Gasteiger partial charge in [0.2, 0.25) is 0 Å². The first-order chi connectivity index (χ1) is 11.7. The van der Waals surface area contributed by atoms with Crippen LogP contribution in [0.5, 0.6) is 5.75 Å². The summed E-state index contributed by atoms with van der Waals surface area (Å²) in [5.41, 5.74) is 2.48. The molecule has 0 aliphatic rings. The zero-order valence-corrected chi connectivity index (χ0v) is 12.5. The summed E-state index contributed by atoms with van der Waals surface area (Å²) < 4.78 is 15.9. The fourth-order valence-corrected chi connectivity index (χ4v) is 2.56. The lowest BCUT2D eigenvalue weighted by atomic mass is 10.1. The van der Waals surface area contributed by atoms with Gasteiger partial charge in [-0.05, 0) is 36.4 Å². The Morgan fingerprint density at radius 2 is 1.79 bits per heavy atom. The molecule has 0 spiro atoms. The highest BCUT2D eigenvalue weighted by Crippen LogP contribution is 2.27. The molecule has 0 atom stereocenters. The summed E-state index contributed by atoms with van der Waals surface area (Å²) in [6.45, 7) is 0. The molecule has 118 valence electrons. The van der Waals surface area contributed by atoms with Crippen LogP contribution >= 0.6 is 0 Å². The Morgan fingerprint density at radius 1 is 1.00 bits per heavy atom. The van der Waals surface area contributed by atoms with Crippen LogP contribution in [0.4, 0.5) is 15.9 Å². The summed E-state index contributed by atoms with van der Waals surface area (Å²) >= 11 is 0. The monoisotopic (exact) mass is 320 g/mol. The fourth-order valence-electron chi connectivity index (χ4n) is 2.56. The molecule has 0 fully saturated rings. The smallest absolute Gasteiger partial charge is 0.180 e. The van der Waals surface area contributed by atoms with Gasteiger partial charge in [-0.15, -0.1) is 0 Å². The number of aromatic nitrogens is 3. The molecule has 4 aromatic rings. The highest BCUT2D eigenvalue weighted by atomic mass is 19.1. The molecule has 0 aliphatic heterocycles. The Labute approximate surface area is 137 Å². The summed E-state index contributed by atoms with van der Waals surface area (Å²) in [6, 6.07) is 13.2. The largest absolute Gasteiger partial charge is 0.508 e. The Morgan fingerprint density at radius 3 is 2.58 bits per heavy atom. The minimum absolute atomic E-state index is 0.189. The van der Waals surface area contributed by atoms with Crippen molar-refractivity contribution < 1.29 is 9.50 Å². The molecule has 24 heavy (non-hydrogen) atoms. The van der Waals surface area contributed by atoms with Crippen LogP contribution in [0.3, 0.4) is 0 Å². The van der Waals surface area contributed by atoms with Crippen molar-refractivity contribution in [1.29, 1.82) is 0 Å². The predicted molar refractivity (Wildman–Crippen MR) is 89.8 cm³/mol. The van der Waals surface area contributed by atoms with Gasteiger partial charge in [-0.1, -0.05) is 12.1 Å². The first-order valence-corrected chi connectivity index (χ1v) is 7.35. The van der Waals surface area contributed by atoms with E-state index in [-0.39, 0.29) is 11.6 Å². The number of rotatable bonds is 3. The minimum atomic E-state index is -0.302. The third-order valence-corrected chi connectivity index (χ3v) is 3.71. The van der Waals surface area contributed by atoms with E-state index < -0.39 is 0 Å². The van der Waals surface area contributed by atoms with Crippen molar-refractivity contribution in [2.24, 2.45) is 0 Å². The molecule has 0 saturated carbocycles. The number of fused-ring (bicyclic) bond motifs is 1. The van der Waals surface area contributed by atoms with Crippen LogP contribution < -0.4 is 5.32 Å². The number of hydrogen-bond donors (Lipinski definition) is 2. The van der Waals surface area contributed by atoms with E-state index >= 15 is 0 Å². The fraction of sp³-hybridized carbons (Fsp3) is 0. The molecule has 0 aliphatic carbocycles. The van der Waals surface area contributed by atoms with E-state index in [1.54, 1.807) is 65.5 Å². The Kier molecular flexibility index (Phi) is 3.35. The third kappa shape index (κ3) is 2.44. The molecule has 5 nitrogen and oxygen atoms in total. The Bertz CT molecular complexity index is 1010. The number of imidazole rings is 1. The van der Waals surface area contributed by atoms with Crippen molar-refractivity contribution in [3.63, 3.8) is 0 Å². The number of phenols is 1. The van der Waals surface area contributed by atoms with Crippen molar-refractivity contribution in [2.75, 3.05) is 5.32 Å². The summed E-state index contributed by atoms with van der Waals surface area (Å²) in [5, 5.41) is 12.5.